The van der Waals surface area contributed by atoms with Crippen LogP contribution in [0, 0.1) is 0 Å². The van der Waals surface area contributed by atoms with Crippen LogP contribution in [0.3, 0.4) is 0 Å². The van der Waals surface area contributed by atoms with Gasteiger partial charge in [0.15, 0.2) is 11.5 Å². The quantitative estimate of drug-likeness (QED) is 0.670. The first-order valence-corrected chi connectivity index (χ1v) is 9.75. The minimum absolute atomic E-state index is 0.239. The fourth-order valence-corrected chi connectivity index (χ4v) is 3.45. The Kier molecular flexibility index (Phi) is 7.29. The van der Waals surface area contributed by atoms with Crippen LogP contribution in [0.15, 0.2) is 67.3 Å². The molecule has 0 saturated heterocycles. The number of aliphatic hydroxyl groups excluding tert-OH is 1. The lowest BCUT2D eigenvalue weighted by atomic mass is 9.99. The summed E-state index contributed by atoms with van der Waals surface area (Å²) in [4.78, 5) is 2.25. The Labute approximate surface area is 167 Å². The van der Waals surface area contributed by atoms with Crippen LogP contribution >= 0.6 is 0 Å². The Morgan fingerprint density at radius 2 is 2.00 bits per heavy atom. The highest BCUT2D eigenvalue weighted by molar-refractivity contribution is 5.66. The summed E-state index contributed by atoms with van der Waals surface area (Å²) >= 11 is 0. The lowest BCUT2D eigenvalue weighted by molar-refractivity contribution is 0.0706. The SMILES string of the molecule is C=CCc1ccc(OCC(O)CN2CC=C(c3ccccc3)CC2)c(OC)c1. The predicted molar refractivity (Wildman–Crippen MR) is 114 cm³/mol. The first-order valence-electron chi connectivity index (χ1n) is 9.75. The fourth-order valence-electron chi connectivity index (χ4n) is 3.45. The van der Waals surface area contributed by atoms with Crippen molar-refractivity contribution >= 4 is 5.57 Å². The zero-order chi connectivity index (χ0) is 19.8. The van der Waals surface area contributed by atoms with E-state index >= 15 is 0 Å². The van der Waals surface area contributed by atoms with Crippen LogP contribution in [0.4, 0.5) is 0 Å². The van der Waals surface area contributed by atoms with Gasteiger partial charge in [-0.15, -0.1) is 6.58 Å². The van der Waals surface area contributed by atoms with Gasteiger partial charge in [0.25, 0.3) is 0 Å². The number of aliphatic hydroxyl groups is 1. The van der Waals surface area contributed by atoms with Gasteiger partial charge in [0.05, 0.1) is 7.11 Å². The molecule has 0 radical (unpaired) electrons. The van der Waals surface area contributed by atoms with Crippen LogP contribution in [0.2, 0.25) is 0 Å². The van der Waals surface area contributed by atoms with Crippen molar-refractivity contribution in [2.45, 2.75) is 18.9 Å². The molecule has 2 aromatic carbocycles. The molecule has 0 fully saturated rings. The topological polar surface area (TPSA) is 41.9 Å². The Bertz CT molecular complexity index is 801. The zero-order valence-electron chi connectivity index (χ0n) is 16.5. The molecular weight excluding hydrogens is 350 g/mol. The van der Waals surface area contributed by atoms with Crippen LogP contribution < -0.4 is 9.47 Å². The molecule has 2 aromatic rings. The summed E-state index contributed by atoms with van der Waals surface area (Å²) in [5.41, 5.74) is 3.79. The Morgan fingerprint density at radius 1 is 1.18 bits per heavy atom. The van der Waals surface area contributed by atoms with Crippen LogP contribution in [0.25, 0.3) is 5.57 Å². The third-order valence-electron chi connectivity index (χ3n) is 4.95. The molecule has 1 aliphatic rings. The maximum atomic E-state index is 10.4. The van der Waals surface area contributed by atoms with Gasteiger partial charge in [0, 0.05) is 19.6 Å². The van der Waals surface area contributed by atoms with Crippen molar-refractivity contribution in [3.05, 3.63) is 78.4 Å². The molecule has 4 heteroatoms. The summed E-state index contributed by atoms with van der Waals surface area (Å²) in [6, 6.07) is 16.3. The fraction of sp³-hybridized carbons (Fsp3) is 0.333. The minimum atomic E-state index is -0.552. The smallest absolute Gasteiger partial charge is 0.161 e. The van der Waals surface area contributed by atoms with Gasteiger partial charge in [-0.05, 0) is 41.7 Å². The van der Waals surface area contributed by atoms with E-state index in [2.05, 4.69) is 41.8 Å². The first-order chi connectivity index (χ1) is 13.7. The van der Waals surface area contributed by atoms with Crippen molar-refractivity contribution in [3.8, 4) is 11.5 Å². The monoisotopic (exact) mass is 379 g/mol. The van der Waals surface area contributed by atoms with Crippen molar-refractivity contribution in [2.75, 3.05) is 33.4 Å². The van der Waals surface area contributed by atoms with Crippen molar-refractivity contribution in [3.63, 3.8) is 0 Å². The molecule has 28 heavy (non-hydrogen) atoms. The van der Waals surface area contributed by atoms with Gasteiger partial charge < -0.3 is 14.6 Å². The number of β-amino-alcohol motifs (C(OH)–C–C–N with tert-alkyl or cyclic N) is 1. The van der Waals surface area contributed by atoms with Gasteiger partial charge >= 0.3 is 0 Å². The lowest BCUT2D eigenvalue weighted by Crippen LogP contribution is -2.38. The highest BCUT2D eigenvalue weighted by atomic mass is 16.5. The number of allylic oxidation sites excluding steroid dienone is 1. The number of methoxy groups -OCH3 is 1. The molecule has 1 atom stereocenters. The van der Waals surface area contributed by atoms with E-state index in [0.717, 1.165) is 31.5 Å². The second kappa shape index (κ2) is 10.1. The molecule has 4 nitrogen and oxygen atoms in total. The van der Waals surface area contributed by atoms with E-state index in [1.807, 2.05) is 30.3 Å². The number of rotatable bonds is 9. The molecule has 0 amide bonds. The normalized spacial score (nSPS) is 15.6. The van der Waals surface area contributed by atoms with E-state index in [9.17, 15) is 5.11 Å². The maximum absolute atomic E-state index is 10.4. The average Bonchev–Trinajstić information content (AvgIpc) is 2.74. The van der Waals surface area contributed by atoms with Crippen LogP contribution in [-0.2, 0) is 6.42 Å². The van der Waals surface area contributed by atoms with Gasteiger partial charge in [0.1, 0.15) is 12.7 Å². The molecule has 0 spiro atoms. The molecule has 0 saturated carbocycles. The third-order valence-corrected chi connectivity index (χ3v) is 4.95. The summed E-state index contributed by atoms with van der Waals surface area (Å²) in [6.45, 7) is 6.38. The van der Waals surface area contributed by atoms with Crippen LogP contribution in [0.1, 0.15) is 17.5 Å². The van der Waals surface area contributed by atoms with E-state index in [0.29, 0.717) is 18.0 Å². The molecule has 148 valence electrons. The van der Waals surface area contributed by atoms with Crippen molar-refractivity contribution in [1.82, 2.24) is 4.90 Å². The summed E-state index contributed by atoms with van der Waals surface area (Å²) in [7, 11) is 1.63. The van der Waals surface area contributed by atoms with Gasteiger partial charge in [-0.2, -0.15) is 0 Å². The zero-order valence-corrected chi connectivity index (χ0v) is 16.5. The third kappa shape index (κ3) is 5.47. The summed E-state index contributed by atoms with van der Waals surface area (Å²) in [5.74, 6) is 1.33. The van der Waals surface area contributed by atoms with Crippen molar-refractivity contribution in [1.29, 1.82) is 0 Å². The highest BCUT2D eigenvalue weighted by Gasteiger charge is 2.17. The van der Waals surface area contributed by atoms with E-state index < -0.39 is 6.10 Å². The van der Waals surface area contributed by atoms with E-state index in [1.165, 1.54) is 11.1 Å². The van der Waals surface area contributed by atoms with E-state index in [1.54, 1.807) is 7.11 Å². The Balaban J connectivity index is 1.49. The number of nitrogens with zero attached hydrogens (tertiary/aromatic N) is 1. The lowest BCUT2D eigenvalue weighted by Gasteiger charge is -2.28. The van der Waals surface area contributed by atoms with Crippen LogP contribution in [-0.4, -0.2) is 49.5 Å². The summed E-state index contributed by atoms with van der Waals surface area (Å²) < 4.78 is 11.2. The molecule has 0 bridgehead atoms. The van der Waals surface area contributed by atoms with E-state index in [-0.39, 0.29) is 6.61 Å². The molecule has 0 aromatic heterocycles. The summed E-state index contributed by atoms with van der Waals surface area (Å²) in [5, 5.41) is 10.4. The molecule has 1 N–H and O–H groups in total. The number of benzene rings is 2. The number of ether oxygens (including phenoxy) is 2. The maximum Gasteiger partial charge on any atom is 0.161 e. The van der Waals surface area contributed by atoms with E-state index in [4.69, 9.17) is 9.47 Å². The highest BCUT2D eigenvalue weighted by Crippen LogP contribution is 2.28. The van der Waals surface area contributed by atoms with Gasteiger partial charge in [-0.3, -0.25) is 4.90 Å². The Morgan fingerprint density at radius 3 is 2.68 bits per heavy atom. The molecular formula is C24H29NO3. The Hall–Kier alpha value is -2.56. The minimum Gasteiger partial charge on any atom is -0.493 e. The molecule has 1 unspecified atom stereocenters. The van der Waals surface area contributed by atoms with Crippen molar-refractivity contribution < 1.29 is 14.6 Å². The second-order valence-electron chi connectivity index (χ2n) is 7.05. The average molecular weight is 380 g/mol. The van der Waals surface area contributed by atoms with Crippen LogP contribution in [0.5, 0.6) is 11.5 Å². The second-order valence-corrected chi connectivity index (χ2v) is 7.05. The standard InChI is InChI=1S/C24H29NO3/c1-3-7-19-10-11-23(24(16-19)27-2)28-18-22(26)17-25-14-12-21(13-15-25)20-8-5-4-6-9-20/h3-6,8-12,16,22,26H,1,7,13-15,17-18H2,2H3. The first kappa shape index (κ1) is 20.2. The largest absolute Gasteiger partial charge is 0.493 e. The molecule has 3 rings (SSSR count). The number of hydrogen-bond acceptors (Lipinski definition) is 4. The van der Waals surface area contributed by atoms with Crippen molar-refractivity contribution in [2.24, 2.45) is 0 Å². The number of hydrogen-bond donors (Lipinski definition) is 1. The predicted octanol–water partition coefficient (Wildman–Crippen LogP) is 3.95. The van der Waals surface area contributed by atoms with Gasteiger partial charge in [-0.1, -0.05) is 48.6 Å². The molecule has 1 aliphatic heterocycles. The van der Waals surface area contributed by atoms with Gasteiger partial charge in [-0.25, -0.2) is 0 Å². The molecule has 1 heterocycles. The van der Waals surface area contributed by atoms with Gasteiger partial charge in [0.2, 0.25) is 0 Å². The molecule has 0 aliphatic carbocycles. The summed E-state index contributed by atoms with van der Waals surface area (Å²) in [6.07, 6.45) is 5.34.